The lowest BCUT2D eigenvalue weighted by Crippen LogP contribution is -2.24. The van der Waals surface area contributed by atoms with E-state index in [0.717, 1.165) is 6.54 Å². The van der Waals surface area contributed by atoms with Crippen LogP contribution in [0.25, 0.3) is 0 Å². The van der Waals surface area contributed by atoms with Crippen LogP contribution >= 0.6 is 0 Å². The molecule has 13 heavy (non-hydrogen) atoms. The minimum atomic E-state index is 0.702. The van der Waals surface area contributed by atoms with E-state index >= 15 is 0 Å². The predicted octanol–water partition coefficient (Wildman–Crippen LogP) is 1.90. The molecule has 78 valence electrons. The Balaban J connectivity index is 1.84. The first-order valence-electron chi connectivity index (χ1n) is 5.74. The summed E-state index contributed by atoms with van der Waals surface area (Å²) in [6, 6.07) is 0. The van der Waals surface area contributed by atoms with E-state index in [9.17, 15) is 0 Å². The summed E-state index contributed by atoms with van der Waals surface area (Å²) in [5.41, 5.74) is 6.13. The zero-order chi connectivity index (χ0) is 9.57. The third-order valence-corrected chi connectivity index (χ3v) is 3.26. The molecule has 2 nitrogen and oxygen atoms in total. The predicted molar refractivity (Wildman–Crippen MR) is 57.7 cm³/mol. The standard InChI is InChI=1S/C11H24N2/c1-2-11(6-7-11)10-13-9-5-3-4-8-12/h13H,2-10,12H2,1H3. The highest BCUT2D eigenvalue weighted by Gasteiger charge is 2.39. The summed E-state index contributed by atoms with van der Waals surface area (Å²) in [7, 11) is 0. The van der Waals surface area contributed by atoms with Gasteiger partial charge in [-0.1, -0.05) is 13.3 Å². The van der Waals surface area contributed by atoms with Gasteiger partial charge in [-0.3, -0.25) is 0 Å². The minimum Gasteiger partial charge on any atom is -0.330 e. The van der Waals surface area contributed by atoms with E-state index in [1.54, 1.807) is 0 Å². The van der Waals surface area contributed by atoms with Gasteiger partial charge in [0.1, 0.15) is 0 Å². The molecule has 0 atom stereocenters. The Kier molecular flexibility index (Phi) is 4.74. The molecular weight excluding hydrogens is 160 g/mol. The van der Waals surface area contributed by atoms with Gasteiger partial charge in [0.15, 0.2) is 0 Å². The monoisotopic (exact) mass is 184 g/mol. The van der Waals surface area contributed by atoms with Crippen molar-refractivity contribution in [3.05, 3.63) is 0 Å². The van der Waals surface area contributed by atoms with E-state index in [-0.39, 0.29) is 0 Å². The third-order valence-electron chi connectivity index (χ3n) is 3.26. The molecule has 0 saturated heterocycles. The van der Waals surface area contributed by atoms with Crippen LogP contribution in [0.1, 0.15) is 45.4 Å². The molecule has 0 bridgehead atoms. The van der Waals surface area contributed by atoms with Crippen molar-refractivity contribution in [2.75, 3.05) is 19.6 Å². The fourth-order valence-corrected chi connectivity index (χ4v) is 1.76. The largest absolute Gasteiger partial charge is 0.330 e. The van der Waals surface area contributed by atoms with E-state index in [1.807, 2.05) is 0 Å². The quantitative estimate of drug-likeness (QED) is 0.565. The van der Waals surface area contributed by atoms with Crippen molar-refractivity contribution in [2.24, 2.45) is 11.1 Å². The Morgan fingerprint density at radius 3 is 2.54 bits per heavy atom. The van der Waals surface area contributed by atoms with E-state index in [1.165, 1.54) is 51.6 Å². The number of hydrogen-bond donors (Lipinski definition) is 2. The zero-order valence-corrected chi connectivity index (χ0v) is 8.94. The molecule has 1 saturated carbocycles. The molecule has 1 fully saturated rings. The molecular formula is C11H24N2. The lowest BCUT2D eigenvalue weighted by Gasteiger charge is -2.12. The number of nitrogens with one attached hydrogen (secondary N) is 1. The van der Waals surface area contributed by atoms with Crippen LogP contribution in [0, 0.1) is 5.41 Å². The lowest BCUT2D eigenvalue weighted by atomic mass is 10.0. The normalized spacial score (nSPS) is 18.9. The van der Waals surface area contributed by atoms with Crippen molar-refractivity contribution in [1.29, 1.82) is 0 Å². The summed E-state index contributed by atoms with van der Waals surface area (Å²) in [4.78, 5) is 0. The molecule has 0 aromatic rings. The second-order valence-electron chi connectivity index (χ2n) is 4.38. The maximum absolute atomic E-state index is 5.42. The molecule has 1 aliphatic rings. The Hall–Kier alpha value is -0.0800. The molecule has 0 aromatic heterocycles. The molecule has 0 unspecified atom stereocenters. The van der Waals surface area contributed by atoms with Gasteiger partial charge < -0.3 is 11.1 Å². The number of rotatable bonds is 8. The van der Waals surface area contributed by atoms with E-state index < -0.39 is 0 Å². The van der Waals surface area contributed by atoms with Gasteiger partial charge in [-0.25, -0.2) is 0 Å². The molecule has 2 heteroatoms. The van der Waals surface area contributed by atoms with E-state index in [4.69, 9.17) is 5.73 Å². The molecule has 0 spiro atoms. The first-order chi connectivity index (χ1) is 6.33. The minimum absolute atomic E-state index is 0.702. The summed E-state index contributed by atoms with van der Waals surface area (Å²) >= 11 is 0. The SMILES string of the molecule is CCC1(CNCCCCCN)CC1. The van der Waals surface area contributed by atoms with Gasteiger partial charge in [0.05, 0.1) is 0 Å². The molecule has 0 amide bonds. The average molecular weight is 184 g/mol. The van der Waals surface area contributed by atoms with Gasteiger partial charge in [-0.2, -0.15) is 0 Å². The fraction of sp³-hybridized carbons (Fsp3) is 1.00. The van der Waals surface area contributed by atoms with Crippen LogP contribution in [0.2, 0.25) is 0 Å². The zero-order valence-electron chi connectivity index (χ0n) is 8.94. The van der Waals surface area contributed by atoms with Crippen molar-refractivity contribution in [3.8, 4) is 0 Å². The van der Waals surface area contributed by atoms with Gasteiger partial charge in [0.2, 0.25) is 0 Å². The van der Waals surface area contributed by atoms with Crippen LogP contribution < -0.4 is 11.1 Å². The van der Waals surface area contributed by atoms with Crippen LogP contribution in [0.4, 0.5) is 0 Å². The van der Waals surface area contributed by atoms with Crippen molar-refractivity contribution in [2.45, 2.75) is 45.4 Å². The summed E-state index contributed by atoms with van der Waals surface area (Å²) in [6.07, 6.45) is 7.99. The first kappa shape index (κ1) is 11.0. The fourth-order valence-electron chi connectivity index (χ4n) is 1.76. The van der Waals surface area contributed by atoms with Crippen LogP contribution in [-0.4, -0.2) is 19.6 Å². The third kappa shape index (κ3) is 4.10. The summed E-state index contributed by atoms with van der Waals surface area (Å²) in [5, 5.41) is 3.56. The molecule has 1 rings (SSSR count). The van der Waals surface area contributed by atoms with Gasteiger partial charge in [-0.15, -0.1) is 0 Å². The van der Waals surface area contributed by atoms with Crippen LogP contribution in [-0.2, 0) is 0 Å². The van der Waals surface area contributed by atoms with Gasteiger partial charge in [-0.05, 0) is 50.6 Å². The summed E-state index contributed by atoms with van der Waals surface area (Å²) < 4.78 is 0. The van der Waals surface area contributed by atoms with Crippen molar-refractivity contribution < 1.29 is 0 Å². The molecule has 0 heterocycles. The highest BCUT2D eigenvalue weighted by Crippen LogP contribution is 2.47. The van der Waals surface area contributed by atoms with Crippen molar-refractivity contribution >= 4 is 0 Å². The topological polar surface area (TPSA) is 38.0 Å². The molecule has 1 aliphatic carbocycles. The smallest absolute Gasteiger partial charge is 0.000771 e. The maximum atomic E-state index is 5.42. The highest BCUT2D eigenvalue weighted by molar-refractivity contribution is 4.93. The summed E-state index contributed by atoms with van der Waals surface area (Å²) in [6.45, 7) is 5.58. The van der Waals surface area contributed by atoms with E-state index in [0.29, 0.717) is 5.41 Å². The average Bonchev–Trinajstić information content (AvgIpc) is 2.92. The van der Waals surface area contributed by atoms with Gasteiger partial charge in [0, 0.05) is 6.54 Å². The van der Waals surface area contributed by atoms with Crippen molar-refractivity contribution in [1.82, 2.24) is 5.32 Å². The van der Waals surface area contributed by atoms with Crippen LogP contribution in [0.3, 0.4) is 0 Å². The van der Waals surface area contributed by atoms with Crippen LogP contribution in [0.5, 0.6) is 0 Å². The lowest BCUT2D eigenvalue weighted by molar-refractivity contribution is 0.439. The maximum Gasteiger partial charge on any atom is 0.000771 e. The second kappa shape index (κ2) is 5.61. The van der Waals surface area contributed by atoms with Crippen molar-refractivity contribution in [3.63, 3.8) is 0 Å². The Morgan fingerprint density at radius 1 is 1.23 bits per heavy atom. The number of unbranched alkanes of at least 4 members (excludes halogenated alkanes) is 2. The van der Waals surface area contributed by atoms with Gasteiger partial charge in [0.25, 0.3) is 0 Å². The first-order valence-corrected chi connectivity index (χ1v) is 5.74. The highest BCUT2D eigenvalue weighted by atomic mass is 14.9. The molecule has 3 N–H and O–H groups in total. The van der Waals surface area contributed by atoms with E-state index in [2.05, 4.69) is 12.2 Å². The Labute approximate surface area is 82.3 Å². The molecule has 0 aliphatic heterocycles. The molecule has 0 aromatic carbocycles. The van der Waals surface area contributed by atoms with Gasteiger partial charge >= 0.3 is 0 Å². The Bertz CT molecular complexity index is 130. The van der Waals surface area contributed by atoms with Crippen LogP contribution in [0.15, 0.2) is 0 Å². The second-order valence-corrected chi connectivity index (χ2v) is 4.38. The Morgan fingerprint density at radius 2 is 2.00 bits per heavy atom. The number of nitrogens with two attached hydrogens (primary N) is 1. The molecule has 0 radical (unpaired) electrons. The number of hydrogen-bond acceptors (Lipinski definition) is 2. The summed E-state index contributed by atoms with van der Waals surface area (Å²) in [5.74, 6) is 0.